The van der Waals surface area contributed by atoms with Gasteiger partial charge in [-0.2, -0.15) is 0 Å². The number of aromatic carboxylic acids is 1. The van der Waals surface area contributed by atoms with Gasteiger partial charge in [0.15, 0.2) is 5.78 Å². The van der Waals surface area contributed by atoms with E-state index in [1.807, 2.05) is 26.8 Å². The zero-order chi connectivity index (χ0) is 15.6. The summed E-state index contributed by atoms with van der Waals surface area (Å²) in [7, 11) is 0. The van der Waals surface area contributed by atoms with Crippen LogP contribution in [-0.4, -0.2) is 11.8 Å². The number of hydrogen-bond acceptors (Lipinski definition) is 3. The summed E-state index contributed by atoms with van der Waals surface area (Å²) in [6, 6.07) is 13.5. The fourth-order valence-corrected chi connectivity index (χ4v) is 2.12. The Balaban J connectivity index is 2.59. The van der Waals surface area contributed by atoms with Crippen LogP contribution in [0.15, 0.2) is 48.5 Å². The van der Waals surface area contributed by atoms with Gasteiger partial charge in [-0.15, -0.1) is 0 Å². The van der Waals surface area contributed by atoms with Crippen LogP contribution in [0.1, 0.15) is 52.6 Å². The second-order valence-electron chi connectivity index (χ2n) is 5.99. The van der Waals surface area contributed by atoms with Gasteiger partial charge >= 0.3 is 0 Å². The Hall–Kier alpha value is -2.42. The summed E-state index contributed by atoms with van der Waals surface area (Å²) in [4.78, 5) is 23.8. The Morgan fingerprint density at radius 3 is 2.05 bits per heavy atom. The van der Waals surface area contributed by atoms with Crippen LogP contribution in [0.2, 0.25) is 0 Å². The highest BCUT2D eigenvalue weighted by molar-refractivity contribution is 6.14. The number of carbonyl (C=O) groups excluding carboxylic acids is 2. The van der Waals surface area contributed by atoms with Crippen LogP contribution in [0.4, 0.5) is 0 Å². The van der Waals surface area contributed by atoms with Gasteiger partial charge in [0.1, 0.15) is 0 Å². The third kappa shape index (κ3) is 3.19. The van der Waals surface area contributed by atoms with Gasteiger partial charge in [0, 0.05) is 16.7 Å². The number of carboxylic acid groups (broad SMARTS) is 1. The molecule has 0 saturated carbocycles. The van der Waals surface area contributed by atoms with Crippen molar-refractivity contribution in [1.82, 2.24) is 0 Å². The van der Waals surface area contributed by atoms with Crippen LogP contribution in [-0.2, 0) is 5.41 Å². The Bertz CT molecular complexity index is 679. The number of benzene rings is 2. The van der Waals surface area contributed by atoms with E-state index < -0.39 is 5.97 Å². The molecule has 0 aliphatic rings. The molecule has 0 atom stereocenters. The van der Waals surface area contributed by atoms with Gasteiger partial charge in [-0.3, -0.25) is 4.79 Å². The van der Waals surface area contributed by atoms with Crippen LogP contribution in [0.3, 0.4) is 0 Å². The number of rotatable bonds is 3. The monoisotopic (exact) mass is 281 g/mol. The van der Waals surface area contributed by atoms with E-state index in [9.17, 15) is 14.7 Å². The Kier molecular flexibility index (Phi) is 3.94. The van der Waals surface area contributed by atoms with E-state index in [1.54, 1.807) is 36.4 Å². The molecule has 0 N–H and O–H groups in total. The van der Waals surface area contributed by atoms with Crippen molar-refractivity contribution in [2.24, 2.45) is 0 Å². The molecule has 108 valence electrons. The number of ketones is 1. The number of hydrogen-bond donors (Lipinski definition) is 0. The maximum atomic E-state index is 12.6. The summed E-state index contributed by atoms with van der Waals surface area (Å²) >= 11 is 0. The fourth-order valence-electron chi connectivity index (χ4n) is 2.12. The first-order valence-corrected chi connectivity index (χ1v) is 6.76. The summed E-state index contributed by atoms with van der Waals surface area (Å²) in [5, 5.41) is 11.3. The van der Waals surface area contributed by atoms with E-state index in [2.05, 4.69) is 0 Å². The SMILES string of the molecule is CC(C)(C)c1ccc(C(=O)[O-])c(C(=O)c2ccccc2)c1. The van der Waals surface area contributed by atoms with E-state index >= 15 is 0 Å². The Morgan fingerprint density at radius 2 is 1.52 bits per heavy atom. The van der Waals surface area contributed by atoms with E-state index in [0.717, 1.165) is 5.56 Å². The number of carbonyl (C=O) groups is 2. The molecule has 0 bridgehead atoms. The molecule has 0 fully saturated rings. The van der Waals surface area contributed by atoms with Gasteiger partial charge in [0.2, 0.25) is 0 Å². The molecule has 0 unspecified atom stereocenters. The lowest BCUT2D eigenvalue weighted by atomic mass is 9.84. The number of carboxylic acids is 1. The van der Waals surface area contributed by atoms with Crippen LogP contribution in [0.25, 0.3) is 0 Å². The van der Waals surface area contributed by atoms with Gasteiger partial charge in [-0.1, -0.05) is 63.2 Å². The highest BCUT2D eigenvalue weighted by atomic mass is 16.4. The fraction of sp³-hybridized carbons (Fsp3) is 0.222. The molecule has 0 aromatic heterocycles. The Morgan fingerprint density at radius 1 is 0.905 bits per heavy atom. The van der Waals surface area contributed by atoms with Gasteiger partial charge in [0.05, 0.1) is 5.97 Å². The van der Waals surface area contributed by atoms with Gasteiger partial charge < -0.3 is 9.90 Å². The lowest BCUT2D eigenvalue weighted by molar-refractivity contribution is -0.255. The first-order valence-electron chi connectivity index (χ1n) is 6.76. The average Bonchev–Trinajstić information content (AvgIpc) is 2.45. The van der Waals surface area contributed by atoms with E-state index in [-0.39, 0.29) is 22.3 Å². The van der Waals surface area contributed by atoms with Crippen molar-refractivity contribution in [1.29, 1.82) is 0 Å². The molecule has 0 spiro atoms. The topological polar surface area (TPSA) is 57.2 Å². The molecule has 2 rings (SSSR count). The summed E-state index contributed by atoms with van der Waals surface area (Å²) in [5.41, 5.74) is 1.30. The van der Waals surface area contributed by atoms with E-state index in [0.29, 0.717) is 5.56 Å². The lowest BCUT2D eigenvalue weighted by Crippen LogP contribution is -2.26. The highest BCUT2D eigenvalue weighted by Crippen LogP contribution is 2.26. The molecule has 0 heterocycles. The van der Waals surface area contributed by atoms with Crippen LogP contribution < -0.4 is 5.11 Å². The molecule has 2 aromatic carbocycles. The zero-order valence-corrected chi connectivity index (χ0v) is 12.3. The second-order valence-corrected chi connectivity index (χ2v) is 5.99. The molecular formula is C18H17O3-. The molecule has 3 nitrogen and oxygen atoms in total. The predicted molar refractivity (Wildman–Crippen MR) is 79.3 cm³/mol. The summed E-state index contributed by atoms with van der Waals surface area (Å²) in [6.45, 7) is 6.04. The van der Waals surface area contributed by atoms with Gasteiger partial charge in [-0.05, 0) is 17.0 Å². The molecule has 0 amide bonds. The smallest absolute Gasteiger partial charge is 0.193 e. The van der Waals surface area contributed by atoms with E-state index in [4.69, 9.17) is 0 Å². The first kappa shape index (κ1) is 15.0. The van der Waals surface area contributed by atoms with E-state index in [1.165, 1.54) is 6.07 Å². The largest absolute Gasteiger partial charge is 0.545 e. The minimum absolute atomic E-state index is 0.0724. The lowest BCUT2D eigenvalue weighted by Gasteiger charge is -2.21. The van der Waals surface area contributed by atoms with Crippen LogP contribution >= 0.6 is 0 Å². The molecule has 21 heavy (non-hydrogen) atoms. The molecule has 2 aromatic rings. The normalized spacial score (nSPS) is 11.2. The summed E-state index contributed by atoms with van der Waals surface area (Å²) < 4.78 is 0. The second kappa shape index (κ2) is 5.52. The third-order valence-corrected chi connectivity index (χ3v) is 3.39. The van der Waals surface area contributed by atoms with Crippen molar-refractivity contribution in [2.45, 2.75) is 26.2 Å². The van der Waals surface area contributed by atoms with Crippen molar-refractivity contribution in [2.75, 3.05) is 0 Å². The average molecular weight is 281 g/mol. The molecule has 0 radical (unpaired) electrons. The summed E-state index contributed by atoms with van der Waals surface area (Å²) in [6.07, 6.45) is 0. The van der Waals surface area contributed by atoms with Crippen molar-refractivity contribution >= 4 is 11.8 Å². The van der Waals surface area contributed by atoms with Crippen molar-refractivity contribution in [3.8, 4) is 0 Å². The van der Waals surface area contributed by atoms with Crippen molar-refractivity contribution < 1.29 is 14.7 Å². The van der Waals surface area contributed by atoms with Crippen LogP contribution in [0.5, 0.6) is 0 Å². The standard InChI is InChI=1S/C18H18O3/c1-18(2,3)13-9-10-14(17(20)21)15(11-13)16(19)12-7-5-4-6-8-12/h4-11H,1-3H3,(H,20,21)/p-1. The quantitative estimate of drug-likeness (QED) is 0.812. The highest BCUT2D eigenvalue weighted by Gasteiger charge is 2.19. The minimum atomic E-state index is -1.34. The summed E-state index contributed by atoms with van der Waals surface area (Å²) in [5.74, 6) is -1.64. The third-order valence-electron chi connectivity index (χ3n) is 3.39. The Labute approximate surface area is 124 Å². The predicted octanol–water partition coefficient (Wildman–Crippen LogP) is 2.58. The maximum absolute atomic E-state index is 12.6. The first-order chi connectivity index (χ1) is 9.80. The molecule has 0 aliphatic heterocycles. The molecule has 0 aliphatic carbocycles. The van der Waals surface area contributed by atoms with Gasteiger partial charge in [-0.25, -0.2) is 0 Å². The minimum Gasteiger partial charge on any atom is -0.545 e. The van der Waals surface area contributed by atoms with Crippen LogP contribution in [0, 0.1) is 0 Å². The van der Waals surface area contributed by atoms with Crippen molar-refractivity contribution in [3.63, 3.8) is 0 Å². The van der Waals surface area contributed by atoms with Crippen molar-refractivity contribution in [3.05, 3.63) is 70.8 Å². The molecule has 3 heteroatoms. The molecular weight excluding hydrogens is 264 g/mol. The maximum Gasteiger partial charge on any atom is 0.193 e. The molecule has 0 saturated heterocycles. The van der Waals surface area contributed by atoms with Gasteiger partial charge in [0.25, 0.3) is 0 Å². The zero-order valence-electron chi connectivity index (χ0n) is 12.3.